The van der Waals surface area contributed by atoms with Crippen molar-refractivity contribution >= 4 is 38.6 Å². The second-order valence-corrected chi connectivity index (χ2v) is 11.6. The predicted molar refractivity (Wildman–Crippen MR) is 165 cm³/mol. The lowest BCUT2D eigenvalue weighted by molar-refractivity contribution is 0.756. The predicted octanol–water partition coefficient (Wildman–Crippen LogP) is 10.1. The standard InChI is InChI=1S/C39H21N/c1-3-16-30-24(10-1)25-11-2-4-17-31(25)39(30)32-20-18-22-8-5-12-26-28-14-7-15-29-27-13-6-9-23-19-21-33(39)38(35(23)27)40(36(28)29)37(32)34(22)26/h1-21H. The van der Waals surface area contributed by atoms with Crippen LogP contribution in [0.25, 0.3) is 54.9 Å². The van der Waals surface area contributed by atoms with E-state index in [1.54, 1.807) is 0 Å². The summed E-state index contributed by atoms with van der Waals surface area (Å²) in [5.41, 5.74) is 17.2. The molecule has 0 amide bonds. The zero-order valence-corrected chi connectivity index (χ0v) is 21.6. The molecule has 0 saturated heterocycles. The van der Waals surface area contributed by atoms with Gasteiger partial charge in [0, 0.05) is 21.9 Å². The number of rotatable bonds is 0. The molecule has 1 nitrogen and oxygen atoms in total. The average Bonchev–Trinajstić information content (AvgIpc) is 3.31. The lowest BCUT2D eigenvalue weighted by atomic mass is 9.62. The van der Waals surface area contributed by atoms with E-state index >= 15 is 0 Å². The zero-order chi connectivity index (χ0) is 25.7. The number of fused-ring (bicyclic) bond motifs is 9. The van der Waals surface area contributed by atoms with Crippen molar-refractivity contribution in [2.45, 2.75) is 5.41 Å². The molecule has 7 aromatic carbocycles. The van der Waals surface area contributed by atoms with Crippen molar-refractivity contribution in [3.05, 3.63) is 150 Å². The van der Waals surface area contributed by atoms with E-state index in [0.29, 0.717) is 0 Å². The molecule has 3 aliphatic heterocycles. The Balaban J connectivity index is 1.48. The first kappa shape index (κ1) is 19.9. The van der Waals surface area contributed by atoms with E-state index < -0.39 is 0 Å². The van der Waals surface area contributed by atoms with Crippen molar-refractivity contribution < 1.29 is 0 Å². The van der Waals surface area contributed by atoms with Crippen LogP contribution in [0.5, 0.6) is 0 Å². The van der Waals surface area contributed by atoms with Gasteiger partial charge in [0.25, 0.3) is 0 Å². The summed E-state index contributed by atoms with van der Waals surface area (Å²) in [4.78, 5) is 2.65. The van der Waals surface area contributed by atoms with Crippen LogP contribution in [0.4, 0.5) is 17.1 Å². The molecule has 0 fully saturated rings. The van der Waals surface area contributed by atoms with Gasteiger partial charge in [0.1, 0.15) is 0 Å². The molecule has 11 rings (SSSR count). The molecule has 1 aliphatic carbocycles. The van der Waals surface area contributed by atoms with Crippen LogP contribution in [-0.2, 0) is 5.41 Å². The topological polar surface area (TPSA) is 3.24 Å². The second-order valence-electron chi connectivity index (χ2n) is 11.6. The highest BCUT2D eigenvalue weighted by molar-refractivity contribution is 6.26. The Morgan fingerprint density at radius 3 is 1.32 bits per heavy atom. The lowest BCUT2D eigenvalue weighted by Gasteiger charge is -2.50. The molecule has 0 saturated carbocycles. The first-order valence-electron chi connectivity index (χ1n) is 14.1. The van der Waals surface area contributed by atoms with Gasteiger partial charge in [0.2, 0.25) is 0 Å². The maximum Gasteiger partial charge on any atom is 0.0754 e. The van der Waals surface area contributed by atoms with E-state index in [4.69, 9.17) is 0 Å². The van der Waals surface area contributed by atoms with Gasteiger partial charge in [-0.15, -0.1) is 0 Å². The van der Waals surface area contributed by atoms with Crippen LogP contribution in [0, 0.1) is 0 Å². The molecule has 0 bridgehead atoms. The second kappa shape index (κ2) is 6.35. The summed E-state index contributed by atoms with van der Waals surface area (Å²) >= 11 is 0. The van der Waals surface area contributed by atoms with Gasteiger partial charge in [0.05, 0.1) is 22.5 Å². The first-order chi connectivity index (χ1) is 19.9. The first-order valence-corrected chi connectivity index (χ1v) is 14.1. The molecule has 1 heteroatoms. The zero-order valence-electron chi connectivity index (χ0n) is 21.6. The van der Waals surface area contributed by atoms with Gasteiger partial charge in [-0.25, -0.2) is 0 Å². The van der Waals surface area contributed by atoms with Crippen LogP contribution in [0.15, 0.2) is 127 Å². The minimum absolute atomic E-state index is 0.388. The van der Waals surface area contributed by atoms with Gasteiger partial charge >= 0.3 is 0 Å². The molecule has 4 aliphatic rings. The van der Waals surface area contributed by atoms with Gasteiger partial charge in [0.15, 0.2) is 0 Å². The lowest BCUT2D eigenvalue weighted by Crippen LogP contribution is -2.38. The van der Waals surface area contributed by atoms with Gasteiger partial charge in [-0.3, -0.25) is 0 Å². The SMILES string of the molecule is c1ccc2c(c1)-c1ccccc1C21c2ccc3cccc4c3c2N2c3c-4cccc3-c3cccc4ccc1c2c34. The maximum absolute atomic E-state index is 2.65. The Labute approximate surface area is 231 Å². The van der Waals surface area contributed by atoms with Crippen LogP contribution < -0.4 is 4.90 Å². The summed E-state index contributed by atoms with van der Waals surface area (Å²) in [5.74, 6) is 0. The van der Waals surface area contributed by atoms with Crippen LogP contribution in [0.2, 0.25) is 0 Å². The number of nitrogens with zero attached hydrogens (tertiary/aromatic N) is 1. The molecule has 0 atom stereocenters. The monoisotopic (exact) mass is 503 g/mol. The third kappa shape index (κ3) is 1.89. The van der Waals surface area contributed by atoms with Gasteiger partial charge in [-0.1, -0.05) is 127 Å². The van der Waals surface area contributed by atoms with Crippen molar-refractivity contribution in [2.24, 2.45) is 0 Å². The molecular formula is C39H21N. The molecule has 3 heterocycles. The minimum Gasteiger partial charge on any atom is -0.307 e. The largest absolute Gasteiger partial charge is 0.307 e. The summed E-state index contributed by atoms with van der Waals surface area (Å²) in [7, 11) is 0. The summed E-state index contributed by atoms with van der Waals surface area (Å²) in [5, 5.41) is 5.34. The smallest absolute Gasteiger partial charge is 0.0754 e. The third-order valence-electron chi connectivity index (χ3n) is 10.1. The number of hydrogen-bond donors (Lipinski definition) is 0. The summed E-state index contributed by atoms with van der Waals surface area (Å²) in [6.45, 7) is 0. The highest BCUT2D eigenvalue weighted by atomic mass is 15.2. The van der Waals surface area contributed by atoms with E-state index in [2.05, 4.69) is 132 Å². The molecular weight excluding hydrogens is 482 g/mol. The van der Waals surface area contributed by atoms with Crippen LogP contribution in [-0.4, -0.2) is 0 Å². The molecule has 0 N–H and O–H groups in total. The van der Waals surface area contributed by atoms with Gasteiger partial charge in [-0.2, -0.15) is 0 Å². The molecule has 182 valence electrons. The number of benzene rings is 7. The minimum atomic E-state index is -0.388. The Bertz CT molecular complexity index is 2180. The van der Waals surface area contributed by atoms with Gasteiger partial charge in [-0.05, 0) is 55.3 Å². The number of hydrogen-bond acceptors (Lipinski definition) is 1. The molecule has 1 spiro atoms. The van der Waals surface area contributed by atoms with Gasteiger partial charge < -0.3 is 4.90 Å². The number of anilines is 3. The summed E-state index contributed by atoms with van der Waals surface area (Å²) < 4.78 is 0. The summed E-state index contributed by atoms with van der Waals surface area (Å²) in [6, 6.07) is 48.4. The third-order valence-corrected chi connectivity index (χ3v) is 10.1. The fourth-order valence-corrected chi connectivity index (χ4v) is 8.75. The van der Waals surface area contributed by atoms with E-state index in [0.717, 1.165) is 0 Å². The van der Waals surface area contributed by atoms with E-state index in [1.807, 2.05) is 0 Å². The highest BCUT2D eigenvalue weighted by Gasteiger charge is 2.54. The van der Waals surface area contributed by atoms with E-state index in [1.165, 1.54) is 94.2 Å². The molecule has 0 radical (unpaired) electrons. The van der Waals surface area contributed by atoms with Crippen molar-refractivity contribution in [1.29, 1.82) is 0 Å². The number of para-hydroxylation sites is 1. The van der Waals surface area contributed by atoms with E-state index in [-0.39, 0.29) is 5.41 Å². The molecule has 7 aromatic rings. The molecule has 0 aromatic heterocycles. The summed E-state index contributed by atoms with van der Waals surface area (Å²) in [6.07, 6.45) is 0. The van der Waals surface area contributed by atoms with Crippen molar-refractivity contribution in [1.82, 2.24) is 0 Å². The van der Waals surface area contributed by atoms with Crippen molar-refractivity contribution in [3.63, 3.8) is 0 Å². The maximum atomic E-state index is 2.65. The quantitative estimate of drug-likeness (QED) is 0.199. The fraction of sp³-hybridized carbons (Fsp3) is 0.0256. The van der Waals surface area contributed by atoms with E-state index in [9.17, 15) is 0 Å². The van der Waals surface area contributed by atoms with Crippen LogP contribution in [0.1, 0.15) is 22.3 Å². The Kier molecular flexibility index (Phi) is 3.15. The average molecular weight is 504 g/mol. The van der Waals surface area contributed by atoms with Crippen LogP contribution >= 0.6 is 0 Å². The highest BCUT2D eigenvalue weighted by Crippen LogP contribution is 2.70. The Morgan fingerprint density at radius 1 is 0.325 bits per heavy atom. The van der Waals surface area contributed by atoms with Crippen molar-refractivity contribution in [2.75, 3.05) is 4.90 Å². The van der Waals surface area contributed by atoms with Crippen LogP contribution in [0.3, 0.4) is 0 Å². The van der Waals surface area contributed by atoms with Crippen molar-refractivity contribution in [3.8, 4) is 33.4 Å². The molecule has 40 heavy (non-hydrogen) atoms. The Morgan fingerprint density at radius 2 is 0.775 bits per heavy atom. The Hall–Kier alpha value is -5.14. The molecule has 0 unspecified atom stereocenters. The fourth-order valence-electron chi connectivity index (χ4n) is 8.75. The normalized spacial score (nSPS) is 15.2.